The molecular formula is C16H16BrN5O. The van der Waals surface area contributed by atoms with Crippen molar-refractivity contribution < 1.29 is 4.74 Å². The van der Waals surface area contributed by atoms with Gasteiger partial charge in [-0.1, -0.05) is 0 Å². The smallest absolute Gasteiger partial charge is 0.217 e. The number of anilines is 1. The van der Waals surface area contributed by atoms with Crippen molar-refractivity contribution in [3.05, 3.63) is 47.5 Å². The van der Waals surface area contributed by atoms with Crippen molar-refractivity contribution in [2.75, 3.05) is 18.0 Å². The molecule has 7 heteroatoms. The van der Waals surface area contributed by atoms with Crippen LogP contribution in [-0.2, 0) is 0 Å². The minimum atomic E-state index is 0.199. The van der Waals surface area contributed by atoms with E-state index in [2.05, 4.69) is 35.9 Å². The number of pyridine rings is 1. The van der Waals surface area contributed by atoms with Crippen molar-refractivity contribution in [1.82, 2.24) is 19.6 Å². The van der Waals surface area contributed by atoms with Crippen molar-refractivity contribution in [3.63, 3.8) is 0 Å². The Bertz CT molecular complexity index is 813. The molecule has 0 amide bonds. The first-order valence-corrected chi connectivity index (χ1v) is 8.40. The van der Waals surface area contributed by atoms with Crippen LogP contribution in [-0.4, -0.2) is 38.8 Å². The van der Waals surface area contributed by atoms with Crippen LogP contribution in [0.1, 0.15) is 12.8 Å². The molecule has 0 bridgehead atoms. The van der Waals surface area contributed by atoms with Gasteiger partial charge in [0.05, 0.1) is 16.4 Å². The molecule has 1 fully saturated rings. The predicted octanol–water partition coefficient (Wildman–Crippen LogP) is 2.93. The minimum Gasteiger partial charge on any atom is -0.474 e. The van der Waals surface area contributed by atoms with Gasteiger partial charge in [-0.25, -0.2) is 4.52 Å². The van der Waals surface area contributed by atoms with E-state index in [0.29, 0.717) is 5.88 Å². The largest absolute Gasteiger partial charge is 0.474 e. The summed E-state index contributed by atoms with van der Waals surface area (Å²) in [6.07, 6.45) is 9.42. The fourth-order valence-electron chi connectivity index (χ4n) is 2.87. The third-order valence-corrected chi connectivity index (χ3v) is 4.66. The summed E-state index contributed by atoms with van der Waals surface area (Å²) in [6, 6.07) is 5.78. The lowest BCUT2D eigenvalue weighted by Crippen LogP contribution is -2.38. The van der Waals surface area contributed by atoms with E-state index in [0.717, 1.165) is 36.1 Å². The molecule has 3 aromatic rings. The van der Waals surface area contributed by atoms with Gasteiger partial charge in [-0.3, -0.25) is 4.98 Å². The van der Waals surface area contributed by atoms with E-state index in [1.165, 1.54) is 5.69 Å². The summed E-state index contributed by atoms with van der Waals surface area (Å²) in [7, 11) is 0. The Hall–Kier alpha value is -2.15. The van der Waals surface area contributed by atoms with E-state index in [-0.39, 0.29) is 6.10 Å². The highest BCUT2D eigenvalue weighted by Crippen LogP contribution is 2.28. The lowest BCUT2D eigenvalue weighted by atomic mass is 10.1. The Morgan fingerprint density at radius 2 is 2.00 bits per heavy atom. The summed E-state index contributed by atoms with van der Waals surface area (Å²) >= 11 is 3.57. The van der Waals surface area contributed by atoms with Crippen LogP contribution in [0.25, 0.3) is 5.65 Å². The molecule has 0 aliphatic carbocycles. The molecular weight excluding hydrogens is 358 g/mol. The number of hydrogen-bond acceptors (Lipinski definition) is 5. The Balaban J connectivity index is 1.40. The lowest BCUT2D eigenvalue weighted by molar-refractivity contribution is 0.164. The van der Waals surface area contributed by atoms with Gasteiger partial charge in [-0.15, -0.1) is 0 Å². The van der Waals surface area contributed by atoms with Crippen molar-refractivity contribution >= 4 is 27.3 Å². The maximum Gasteiger partial charge on any atom is 0.217 e. The van der Waals surface area contributed by atoms with Crippen LogP contribution < -0.4 is 9.64 Å². The van der Waals surface area contributed by atoms with E-state index in [1.54, 1.807) is 10.7 Å². The van der Waals surface area contributed by atoms with Gasteiger partial charge in [-0.2, -0.15) is 10.1 Å². The Kier molecular flexibility index (Phi) is 3.87. The van der Waals surface area contributed by atoms with Gasteiger partial charge in [0.15, 0.2) is 5.65 Å². The highest BCUT2D eigenvalue weighted by atomic mass is 79.9. The maximum absolute atomic E-state index is 6.04. The summed E-state index contributed by atoms with van der Waals surface area (Å²) in [5.74, 6) is 0.668. The van der Waals surface area contributed by atoms with Gasteiger partial charge in [0.2, 0.25) is 5.88 Å². The predicted molar refractivity (Wildman–Crippen MR) is 90.8 cm³/mol. The zero-order valence-corrected chi connectivity index (χ0v) is 14.1. The summed E-state index contributed by atoms with van der Waals surface area (Å²) < 4.78 is 8.81. The molecule has 23 heavy (non-hydrogen) atoms. The highest BCUT2D eigenvalue weighted by Gasteiger charge is 2.22. The quantitative estimate of drug-likeness (QED) is 0.706. The van der Waals surface area contributed by atoms with E-state index < -0.39 is 0 Å². The molecule has 0 atom stereocenters. The zero-order chi connectivity index (χ0) is 15.6. The standard InChI is InChI=1S/C16H16BrN5O/c17-13-11-18-6-1-14(13)21-8-3-12(4-9-21)23-16-5-10-22-15(20-16)2-7-19-22/h1-2,5-7,10-12H,3-4,8-9H2. The minimum absolute atomic E-state index is 0.199. The van der Waals surface area contributed by atoms with Crippen molar-refractivity contribution in [2.24, 2.45) is 0 Å². The fraction of sp³-hybridized carbons (Fsp3) is 0.312. The fourth-order valence-corrected chi connectivity index (χ4v) is 3.37. The summed E-state index contributed by atoms with van der Waals surface area (Å²) in [5.41, 5.74) is 2.00. The number of halogens is 1. The summed E-state index contributed by atoms with van der Waals surface area (Å²) in [6.45, 7) is 1.92. The van der Waals surface area contributed by atoms with Gasteiger partial charge in [0.25, 0.3) is 0 Å². The molecule has 0 aromatic carbocycles. The van der Waals surface area contributed by atoms with Crippen LogP contribution in [0.5, 0.6) is 5.88 Å². The Morgan fingerprint density at radius 3 is 2.83 bits per heavy atom. The highest BCUT2D eigenvalue weighted by molar-refractivity contribution is 9.10. The number of hydrogen-bond donors (Lipinski definition) is 0. The number of aromatic nitrogens is 4. The second-order valence-corrected chi connectivity index (χ2v) is 6.39. The molecule has 0 unspecified atom stereocenters. The summed E-state index contributed by atoms with van der Waals surface area (Å²) in [5, 5.41) is 4.14. The molecule has 4 heterocycles. The van der Waals surface area contributed by atoms with Crippen LogP contribution in [0.15, 0.2) is 47.5 Å². The number of rotatable bonds is 3. The van der Waals surface area contributed by atoms with E-state index in [9.17, 15) is 0 Å². The maximum atomic E-state index is 6.04. The molecule has 4 rings (SSSR count). The monoisotopic (exact) mass is 373 g/mol. The summed E-state index contributed by atoms with van der Waals surface area (Å²) in [4.78, 5) is 10.9. The van der Waals surface area contributed by atoms with Gasteiger partial charge >= 0.3 is 0 Å². The molecule has 1 aliphatic heterocycles. The zero-order valence-electron chi connectivity index (χ0n) is 12.5. The molecule has 1 aliphatic rings. The van der Waals surface area contributed by atoms with Crippen molar-refractivity contribution in [2.45, 2.75) is 18.9 Å². The van der Waals surface area contributed by atoms with E-state index >= 15 is 0 Å². The third-order valence-electron chi connectivity index (χ3n) is 4.05. The van der Waals surface area contributed by atoms with Crippen LogP contribution in [0.3, 0.4) is 0 Å². The normalized spacial score (nSPS) is 16.0. The van der Waals surface area contributed by atoms with Gasteiger partial charge < -0.3 is 9.64 Å². The molecule has 0 radical (unpaired) electrons. The number of fused-ring (bicyclic) bond motifs is 1. The third kappa shape index (κ3) is 3.01. The molecule has 1 saturated heterocycles. The molecule has 3 aromatic heterocycles. The molecule has 118 valence electrons. The topological polar surface area (TPSA) is 55.6 Å². The number of nitrogens with zero attached hydrogens (tertiary/aromatic N) is 5. The molecule has 6 nitrogen and oxygen atoms in total. The Labute approximate surface area is 142 Å². The van der Waals surface area contributed by atoms with Gasteiger partial charge in [0.1, 0.15) is 6.10 Å². The second kappa shape index (κ2) is 6.16. The number of ether oxygens (including phenoxy) is 1. The Morgan fingerprint density at radius 1 is 1.13 bits per heavy atom. The average molecular weight is 374 g/mol. The first kappa shape index (κ1) is 14.4. The first-order chi connectivity index (χ1) is 11.3. The van der Waals surface area contributed by atoms with Crippen molar-refractivity contribution in [3.8, 4) is 5.88 Å². The van der Waals surface area contributed by atoms with Crippen LogP contribution in [0, 0.1) is 0 Å². The lowest BCUT2D eigenvalue weighted by Gasteiger charge is -2.33. The molecule has 0 spiro atoms. The van der Waals surface area contributed by atoms with Gasteiger partial charge in [0, 0.05) is 56.7 Å². The second-order valence-electron chi connectivity index (χ2n) is 5.53. The van der Waals surface area contributed by atoms with Gasteiger partial charge in [-0.05, 0) is 22.0 Å². The average Bonchev–Trinajstić information content (AvgIpc) is 3.04. The van der Waals surface area contributed by atoms with Crippen molar-refractivity contribution in [1.29, 1.82) is 0 Å². The van der Waals surface area contributed by atoms with E-state index in [1.807, 2.05) is 36.8 Å². The van der Waals surface area contributed by atoms with Crippen LogP contribution in [0.2, 0.25) is 0 Å². The van der Waals surface area contributed by atoms with Crippen LogP contribution >= 0.6 is 15.9 Å². The molecule has 0 saturated carbocycles. The number of piperidine rings is 1. The SMILES string of the molecule is Brc1cnccc1N1CCC(Oc2ccn3nccc3n2)CC1. The molecule has 0 N–H and O–H groups in total. The first-order valence-electron chi connectivity index (χ1n) is 7.61. The van der Waals surface area contributed by atoms with E-state index in [4.69, 9.17) is 4.74 Å². The van der Waals surface area contributed by atoms with Crippen LogP contribution in [0.4, 0.5) is 5.69 Å².